The molecule has 162 valence electrons. The second kappa shape index (κ2) is 10.2. The van der Waals surface area contributed by atoms with Gasteiger partial charge in [0.05, 0.1) is 23.5 Å². The van der Waals surface area contributed by atoms with Gasteiger partial charge in [0.15, 0.2) is 6.29 Å². The van der Waals surface area contributed by atoms with Crippen molar-refractivity contribution in [2.45, 2.75) is 32.4 Å². The number of imide groups is 1. The molecule has 2 aromatic rings. The number of carbonyl (C=O) groups excluding carboxylic acids is 3. The van der Waals surface area contributed by atoms with Gasteiger partial charge in [-0.15, -0.1) is 0 Å². The Hall–Kier alpha value is -3.23. The van der Waals surface area contributed by atoms with Gasteiger partial charge in [-0.05, 0) is 43.2 Å². The second-order valence-electron chi connectivity index (χ2n) is 7.11. The quantitative estimate of drug-likeness (QED) is 0.224. The molecule has 1 aliphatic heterocycles. The molecule has 0 spiro atoms. The molecule has 9 heteroatoms. The van der Waals surface area contributed by atoms with Gasteiger partial charge in [-0.3, -0.25) is 30.0 Å². The highest BCUT2D eigenvalue weighted by Gasteiger charge is 2.30. The van der Waals surface area contributed by atoms with Crippen LogP contribution in [0.5, 0.6) is 0 Å². The summed E-state index contributed by atoms with van der Waals surface area (Å²) in [4.78, 5) is 47.0. The highest BCUT2D eigenvalue weighted by Crippen LogP contribution is 2.26. The number of piperidine rings is 1. The Labute approximate surface area is 185 Å². The van der Waals surface area contributed by atoms with Crippen LogP contribution < -0.4 is 10.8 Å². The minimum atomic E-state index is -0.497. The van der Waals surface area contributed by atoms with Crippen LogP contribution in [0.3, 0.4) is 0 Å². The number of nitrogens with zero attached hydrogens (tertiary/aromatic N) is 2. The molecule has 0 saturated carbocycles. The number of rotatable bonds is 7. The van der Waals surface area contributed by atoms with Crippen molar-refractivity contribution >= 4 is 46.9 Å². The van der Waals surface area contributed by atoms with Crippen LogP contribution in [0.1, 0.15) is 35.7 Å². The van der Waals surface area contributed by atoms with Crippen molar-refractivity contribution in [3.05, 3.63) is 58.6 Å². The zero-order valence-corrected chi connectivity index (χ0v) is 18.0. The minimum Gasteiger partial charge on any atom is -0.351 e. The Bertz CT molecular complexity index is 1020. The number of halogens is 1. The van der Waals surface area contributed by atoms with Crippen molar-refractivity contribution in [3.63, 3.8) is 0 Å². The predicted octanol–water partition coefficient (Wildman–Crippen LogP) is 3.48. The fourth-order valence-electron chi connectivity index (χ4n) is 3.22. The SMILES string of the molecule is C/C(=N/c1cccc(NOCc2cccc(Cl)c2)c1C=O)N(C)C1CCC(=O)NC1=O. The molecule has 2 aromatic carbocycles. The van der Waals surface area contributed by atoms with E-state index >= 15 is 0 Å². The normalized spacial score (nSPS) is 16.6. The van der Waals surface area contributed by atoms with Crippen LogP contribution in [0.15, 0.2) is 47.5 Å². The van der Waals surface area contributed by atoms with Gasteiger partial charge in [0.1, 0.15) is 11.9 Å². The summed E-state index contributed by atoms with van der Waals surface area (Å²) < 4.78 is 0. The molecule has 1 saturated heterocycles. The molecule has 0 radical (unpaired) electrons. The van der Waals surface area contributed by atoms with Crippen LogP contribution >= 0.6 is 11.6 Å². The molecular weight excluding hydrogens is 420 g/mol. The van der Waals surface area contributed by atoms with E-state index in [4.69, 9.17) is 16.4 Å². The molecule has 1 heterocycles. The van der Waals surface area contributed by atoms with Gasteiger partial charge in [-0.25, -0.2) is 4.99 Å². The summed E-state index contributed by atoms with van der Waals surface area (Å²) in [6.45, 7) is 2.00. The number of anilines is 1. The summed E-state index contributed by atoms with van der Waals surface area (Å²) in [5, 5.41) is 2.95. The van der Waals surface area contributed by atoms with Crippen LogP contribution in [-0.4, -0.2) is 41.9 Å². The molecule has 0 aromatic heterocycles. The van der Waals surface area contributed by atoms with Crippen LogP contribution in [-0.2, 0) is 21.0 Å². The van der Waals surface area contributed by atoms with Crippen molar-refractivity contribution in [1.82, 2.24) is 10.2 Å². The maximum atomic E-state index is 12.1. The molecule has 1 unspecified atom stereocenters. The topological polar surface area (TPSA) is 100 Å². The molecule has 2 amide bonds. The Morgan fingerprint density at radius 3 is 2.81 bits per heavy atom. The van der Waals surface area contributed by atoms with Crippen molar-refractivity contribution in [2.75, 3.05) is 12.5 Å². The lowest BCUT2D eigenvalue weighted by Crippen LogP contribution is -2.52. The molecule has 0 bridgehead atoms. The molecule has 3 rings (SSSR count). The fourth-order valence-corrected chi connectivity index (χ4v) is 3.43. The monoisotopic (exact) mass is 442 g/mol. The lowest BCUT2D eigenvalue weighted by molar-refractivity contribution is -0.136. The zero-order chi connectivity index (χ0) is 22.4. The Morgan fingerprint density at radius 1 is 1.32 bits per heavy atom. The number of amidine groups is 1. The Balaban J connectivity index is 1.73. The van der Waals surface area contributed by atoms with E-state index in [1.807, 2.05) is 12.1 Å². The average molecular weight is 443 g/mol. The second-order valence-corrected chi connectivity index (χ2v) is 7.55. The molecule has 1 atom stereocenters. The number of hydrogen-bond donors (Lipinski definition) is 2. The summed E-state index contributed by atoms with van der Waals surface area (Å²) in [6.07, 6.45) is 1.38. The molecular formula is C22H23ClN4O4. The highest BCUT2D eigenvalue weighted by atomic mass is 35.5. The van der Waals surface area contributed by atoms with Crippen molar-refractivity contribution < 1.29 is 19.2 Å². The lowest BCUT2D eigenvalue weighted by atomic mass is 10.0. The van der Waals surface area contributed by atoms with Crippen LogP contribution in [0.4, 0.5) is 11.4 Å². The molecule has 2 N–H and O–H groups in total. The van der Waals surface area contributed by atoms with Gasteiger partial charge < -0.3 is 4.90 Å². The van der Waals surface area contributed by atoms with Crippen LogP contribution in [0.2, 0.25) is 5.02 Å². The van der Waals surface area contributed by atoms with E-state index in [9.17, 15) is 14.4 Å². The highest BCUT2D eigenvalue weighted by molar-refractivity contribution is 6.30. The number of likely N-dealkylation sites (N-methyl/N-ethyl adjacent to an activating group) is 1. The summed E-state index contributed by atoms with van der Waals surface area (Å²) in [5.74, 6) is -0.0904. The van der Waals surface area contributed by atoms with Crippen LogP contribution in [0.25, 0.3) is 0 Å². The third kappa shape index (κ3) is 5.68. The first-order valence-electron chi connectivity index (χ1n) is 9.71. The first-order chi connectivity index (χ1) is 14.9. The van der Waals surface area contributed by atoms with E-state index in [2.05, 4.69) is 15.8 Å². The Kier molecular flexibility index (Phi) is 7.38. The summed E-state index contributed by atoms with van der Waals surface area (Å²) in [7, 11) is 1.73. The number of hydrogen-bond acceptors (Lipinski definition) is 6. The van der Waals surface area contributed by atoms with Gasteiger partial charge in [-0.1, -0.05) is 29.8 Å². The van der Waals surface area contributed by atoms with E-state index in [0.717, 1.165) is 5.56 Å². The number of aldehydes is 1. The molecule has 31 heavy (non-hydrogen) atoms. The standard InChI is InChI=1S/C22H23ClN4O4/c1-14(27(2)20-9-10-21(29)25-22(20)30)24-18-7-4-8-19(17(18)12-28)26-31-13-15-5-3-6-16(23)11-15/h3-8,11-12,20,26H,9-10,13H2,1-2H3,(H,25,29,30)/b24-14-. The predicted molar refractivity (Wildman–Crippen MR) is 118 cm³/mol. The summed E-state index contributed by atoms with van der Waals surface area (Å²) in [6, 6.07) is 11.9. The van der Waals surface area contributed by atoms with Gasteiger partial charge >= 0.3 is 0 Å². The van der Waals surface area contributed by atoms with E-state index in [0.29, 0.717) is 40.5 Å². The lowest BCUT2D eigenvalue weighted by Gasteiger charge is -2.31. The number of nitrogens with one attached hydrogen (secondary N) is 2. The number of amides is 2. The molecule has 1 aliphatic rings. The van der Waals surface area contributed by atoms with E-state index in [1.165, 1.54) is 0 Å². The number of aliphatic imine (C=N–C) groups is 1. The maximum absolute atomic E-state index is 12.1. The number of carbonyl (C=O) groups is 3. The zero-order valence-electron chi connectivity index (χ0n) is 17.2. The van der Waals surface area contributed by atoms with E-state index < -0.39 is 6.04 Å². The first kappa shape index (κ1) is 22.5. The van der Waals surface area contributed by atoms with Crippen LogP contribution in [0, 0.1) is 0 Å². The average Bonchev–Trinajstić information content (AvgIpc) is 2.73. The first-order valence-corrected chi connectivity index (χ1v) is 10.1. The fraction of sp³-hybridized carbons (Fsp3) is 0.273. The van der Waals surface area contributed by atoms with Crippen molar-refractivity contribution in [1.29, 1.82) is 0 Å². The number of benzene rings is 2. The third-order valence-corrected chi connectivity index (χ3v) is 5.22. The van der Waals surface area contributed by atoms with Gasteiger partial charge in [0.2, 0.25) is 11.8 Å². The van der Waals surface area contributed by atoms with Gasteiger partial charge in [-0.2, -0.15) is 0 Å². The van der Waals surface area contributed by atoms with E-state index in [1.54, 1.807) is 49.2 Å². The van der Waals surface area contributed by atoms with Crippen molar-refractivity contribution in [3.8, 4) is 0 Å². The maximum Gasteiger partial charge on any atom is 0.249 e. The molecule has 8 nitrogen and oxygen atoms in total. The Morgan fingerprint density at radius 2 is 2.10 bits per heavy atom. The minimum absolute atomic E-state index is 0.254. The van der Waals surface area contributed by atoms with Gasteiger partial charge in [0.25, 0.3) is 0 Å². The van der Waals surface area contributed by atoms with E-state index in [-0.39, 0.29) is 24.8 Å². The summed E-state index contributed by atoms with van der Waals surface area (Å²) >= 11 is 5.97. The largest absolute Gasteiger partial charge is 0.351 e. The van der Waals surface area contributed by atoms with Gasteiger partial charge in [0, 0.05) is 18.5 Å². The third-order valence-electron chi connectivity index (χ3n) is 4.98. The van der Waals surface area contributed by atoms with Crippen molar-refractivity contribution in [2.24, 2.45) is 4.99 Å². The molecule has 1 fully saturated rings. The summed E-state index contributed by atoms with van der Waals surface area (Å²) in [5.41, 5.74) is 4.89. The smallest absolute Gasteiger partial charge is 0.249 e. The molecule has 0 aliphatic carbocycles.